The molecule has 1 saturated heterocycles. The van der Waals surface area contributed by atoms with E-state index >= 15 is 0 Å². The van der Waals surface area contributed by atoms with Crippen LogP contribution in [-0.2, 0) is 14.3 Å². The van der Waals surface area contributed by atoms with E-state index < -0.39 is 0 Å². The van der Waals surface area contributed by atoms with E-state index in [1.807, 2.05) is 0 Å². The molecule has 1 fully saturated rings. The van der Waals surface area contributed by atoms with Crippen LogP contribution in [0.25, 0.3) is 0 Å². The van der Waals surface area contributed by atoms with Crippen LogP contribution >= 0.6 is 0 Å². The third kappa shape index (κ3) is 3.44. The molecule has 0 aliphatic carbocycles. The highest BCUT2D eigenvalue weighted by molar-refractivity contribution is 5.75. The molecule has 0 bridgehead atoms. The monoisotopic (exact) mass is 216 g/mol. The molecule has 1 atom stereocenters. The summed E-state index contributed by atoms with van der Waals surface area (Å²) in [5.41, 5.74) is 5.81. The first-order valence-corrected chi connectivity index (χ1v) is 5.25. The Labute approximate surface area is 90.5 Å². The molecule has 0 spiro atoms. The van der Waals surface area contributed by atoms with E-state index in [4.69, 9.17) is 15.2 Å². The van der Waals surface area contributed by atoms with Gasteiger partial charge in [0.05, 0.1) is 13.7 Å². The van der Waals surface area contributed by atoms with Crippen molar-refractivity contribution >= 4 is 5.97 Å². The number of nitrogens with two attached hydrogens (primary N) is 1. The normalized spacial score (nSPS) is 21.3. The van der Waals surface area contributed by atoms with E-state index in [1.54, 1.807) is 7.11 Å². The molecule has 88 valence electrons. The van der Waals surface area contributed by atoms with Gasteiger partial charge in [-0.2, -0.15) is 0 Å². The summed E-state index contributed by atoms with van der Waals surface area (Å²) in [7, 11) is 2.99. The minimum Gasteiger partial charge on any atom is -0.468 e. The van der Waals surface area contributed by atoms with Crippen LogP contribution in [0.2, 0.25) is 0 Å². The van der Waals surface area contributed by atoms with Crippen LogP contribution in [0.15, 0.2) is 0 Å². The minimum absolute atomic E-state index is 0.229. The molecule has 5 nitrogen and oxygen atoms in total. The maximum atomic E-state index is 11.5. The lowest BCUT2D eigenvalue weighted by molar-refractivity contribution is -0.149. The second-order valence-corrected chi connectivity index (χ2v) is 3.87. The van der Waals surface area contributed by atoms with Crippen molar-refractivity contribution in [2.75, 3.05) is 33.9 Å². The van der Waals surface area contributed by atoms with Crippen LogP contribution in [0.5, 0.6) is 0 Å². The number of ether oxygens (including phenoxy) is 2. The maximum Gasteiger partial charge on any atom is 0.325 e. The molecule has 15 heavy (non-hydrogen) atoms. The van der Waals surface area contributed by atoms with Gasteiger partial charge in [-0.3, -0.25) is 9.69 Å². The highest BCUT2D eigenvalue weighted by Crippen LogP contribution is 2.12. The third-order valence-electron chi connectivity index (χ3n) is 2.81. The van der Waals surface area contributed by atoms with E-state index in [1.165, 1.54) is 7.11 Å². The topological polar surface area (TPSA) is 64.8 Å². The number of carbonyl (C=O) groups is 1. The fourth-order valence-corrected chi connectivity index (χ4v) is 1.85. The zero-order valence-corrected chi connectivity index (χ0v) is 9.44. The molecule has 1 rings (SSSR count). The van der Waals surface area contributed by atoms with E-state index in [0.29, 0.717) is 6.61 Å². The Bertz CT molecular complexity index is 203. The van der Waals surface area contributed by atoms with Gasteiger partial charge in [0, 0.05) is 26.2 Å². The van der Waals surface area contributed by atoms with E-state index in [9.17, 15) is 4.79 Å². The zero-order chi connectivity index (χ0) is 11.3. The average molecular weight is 216 g/mol. The molecule has 0 aromatic carbocycles. The molecular formula is C10H20N2O3. The molecule has 1 aliphatic rings. The number of hydrogen-bond acceptors (Lipinski definition) is 5. The smallest absolute Gasteiger partial charge is 0.325 e. The van der Waals surface area contributed by atoms with Crippen molar-refractivity contribution < 1.29 is 14.3 Å². The maximum absolute atomic E-state index is 11.5. The summed E-state index contributed by atoms with van der Waals surface area (Å²) in [5, 5.41) is 0. The van der Waals surface area contributed by atoms with Crippen LogP contribution in [0.4, 0.5) is 0 Å². The Hall–Kier alpha value is -0.650. The Morgan fingerprint density at radius 2 is 2.07 bits per heavy atom. The Kier molecular flexibility index (Phi) is 5.01. The molecular weight excluding hydrogens is 196 g/mol. The summed E-state index contributed by atoms with van der Waals surface area (Å²) < 4.78 is 9.79. The lowest BCUT2D eigenvalue weighted by Gasteiger charge is -2.34. The lowest BCUT2D eigenvalue weighted by Crippen LogP contribution is -2.50. The molecule has 0 aromatic rings. The van der Waals surface area contributed by atoms with Crippen molar-refractivity contribution in [3.63, 3.8) is 0 Å². The van der Waals surface area contributed by atoms with Crippen LogP contribution in [0, 0.1) is 0 Å². The minimum atomic E-state index is -0.285. The van der Waals surface area contributed by atoms with Crippen molar-refractivity contribution in [2.24, 2.45) is 5.73 Å². The summed E-state index contributed by atoms with van der Waals surface area (Å²) >= 11 is 0. The summed E-state index contributed by atoms with van der Waals surface area (Å²) in [5.74, 6) is -0.229. The fraction of sp³-hybridized carbons (Fsp3) is 0.900. The van der Waals surface area contributed by atoms with Crippen molar-refractivity contribution in [3.8, 4) is 0 Å². The molecule has 1 aliphatic heterocycles. The SMILES string of the molecule is COCC(C(=O)OC)N1CCC(N)CC1. The zero-order valence-electron chi connectivity index (χ0n) is 9.44. The van der Waals surface area contributed by atoms with Crippen LogP contribution in [0.1, 0.15) is 12.8 Å². The number of rotatable bonds is 4. The third-order valence-corrected chi connectivity index (χ3v) is 2.81. The molecule has 5 heteroatoms. The second kappa shape index (κ2) is 6.05. The second-order valence-electron chi connectivity index (χ2n) is 3.87. The number of likely N-dealkylation sites (tertiary alicyclic amines) is 1. The van der Waals surface area contributed by atoms with Gasteiger partial charge in [0.25, 0.3) is 0 Å². The number of nitrogens with zero attached hydrogens (tertiary/aromatic N) is 1. The highest BCUT2D eigenvalue weighted by atomic mass is 16.5. The molecule has 0 saturated carbocycles. The quantitative estimate of drug-likeness (QED) is 0.648. The number of methoxy groups -OCH3 is 2. The van der Waals surface area contributed by atoms with Crippen LogP contribution in [0.3, 0.4) is 0 Å². The number of carbonyl (C=O) groups excluding carboxylic acids is 1. The van der Waals surface area contributed by atoms with Gasteiger partial charge in [0.15, 0.2) is 0 Å². The largest absolute Gasteiger partial charge is 0.468 e. The van der Waals surface area contributed by atoms with Gasteiger partial charge >= 0.3 is 5.97 Å². The molecule has 1 unspecified atom stereocenters. The highest BCUT2D eigenvalue weighted by Gasteiger charge is 2.29. The van der Waals surface area contributed by atoms with Gasteiger partial charge in [-0.15, -0.1) is 0 Å². The average Bonchev–Trinajstić information content (AvgIpc) is 2.26. The summed E-state index contributed by atoms with van der Waals surface area (Å²) in [6.07, 6.45) is 1.86. The molecule has 0 radical (unpaired) electrons. The van der Waals surface area contributed by atoms with Gasteiger partial charge in [-0.1, -0.05) is 0 Å². The van der Waals surface area contributed by atoms with E-state index in [0.717, 1.165) is 25.9 Å². The van der Waals surface area contributed by atoms with Gasteiger partial charge in [-0.25, -0.2) is 0 Å². The van der Waals surface area contributed by atoms with Crippen molar-refractivity contribution in [1.82, 2.24) is 4.90 Å². The van der Waals surface area contributed by atoms with Crippen LogP contribution < -0.4 is 5.73 Å². The first-order chi connectivity index (χ1) is 7.19. The van der Waals surface area contributed by atoms with Gasteiger partial charge in [-0.05, 0) is 12.8 Å². The Balaban J connectivity index is 2.51. The van der Waals surface area contributed by atoms with E-state index in [2.05, 4.69) is 4.90 Å². The molecule has 0 amide bonds. The summed E-state index contributed by atoms with van der Waals surface area (Å²) in [6.45, 7) is 2.05. The first kappa shape index (κ1) is 12.4. The lowest BCUT2D eigenvalue weighted by atomic mass is 10.0. The Morgan fingerprint density at radius 3 is 2.53 bits per heavy atom. The first-order valence-electron chi connectivity index (χ1n) is 5.25. The van der Waals surface area contributed by atoms with Crippen LogP contribution in [-0.4, -0.2) is 56.9 Å². The molecule has 2 N–H and O–H groups in total. The fourth-order valence-electron chi connectivity index (χ4n) is 1.85. The molecule has 0 aromatic heterocycles. The standard InChI is InChI=1S/C10H20N2O3/c1-14-7-9(10(13)15-2)12-5-3-8(11)4-6-12/h8-9H,3-7,11H2,1-2H3. The van der Waals surface area contributed by atoms with Gasteiger partial charge < -0.3 is 15.2 Å². The number of hydrogen-bond donors (Lipinski definition) is 1. The van der Waals surface area contributed by atoms with Gasteiger partial charge in [0.2, 0.25) is 0 Å². The van der Waals surface area contributed by atoms with Gasteiger partial charge in [0.1, 0.15) is 6.04 Å². The summed E-state index contributed by atoms with van der Waals surface area (Å²) in [6, 6.07) is -0.0189. The van der Waals surface area contributed by atoms with E-state index in [-0.39, 0.29) is 18.1 Å². The van der Waals surface area contributed by atoms with Crippen molar-refractivity contribution in [3.05, 3.63) is 0 Å². The molecule has 1 heterocycles. The predicted molar refractivity (Wildman–Crippen MR) is 56.5 cm³/mol. The number of piperidine rings is 1. The predicted octanol–water partition coefficient (Wildman–Crippen LogP) is -0.402. The van der Waals surface area contributed by atoms with Crippen molar-refractivity contribution in [1.29, 1.82) is 0 Å². The Morgan fingerprint density at radius 1 is 1.47 bits per heavy atom. The number of esters is 1. The van der Waals surface area contributed by atoms with Crippen molar-refractivity contribution in [2.45, 2.75) is 24.9 Å². The summed E-state index contributed by atoms with van der Waals surface area (Å²) in [4.78, 5) is 13.6.